The van der Waals surface area contributed by atoms with Gasteiger partial charge in [-0.25, -0.2) is 9.18 Å². The molecule has 3 amide bonds. The summed E-state index contributed by atoms with van der Waals surface area (Å²) in [7, 11) is 1.53. The second-order valence-electron chi connectivity index (χ2n) is 4.33. The van der Waals surface area contributed by atoms with Crippen molar-refractivity contribution in [2.75, 3.05) is 13.6 Å². The molecule has 1 saturated heterocycles. The lowest BCUT2D eigenvalue weighted by Crippen LogP contribution is -2.31. The van der Waals surface area contributed by atoms with Crippen molar-refractivity contribution in [3.05, 3.63) is 35.1 Å². The number of halogens is 1. The Hall–Kier alpha value is -2.02. The molecule has 0 bridgehead atoms. The first-order valence-corrected chi connectivity index (χ1v) is 5.94. The number of amides is 3. The van der Waals surface area contributed by atoms with Crippen molar-refractivity contribution in [3.63, 3.8) is 0 Å². The molecule has 2 rings (SSSR count). The molecule has 100 valence electrons. The number of hydrogen-bond donors (Lipinski definition) is 1. The fraction of sp³-hybridized carbons (Fsp3) is 0.250. The summed E-state index contributed by atoms with van der Waals surface area (Å²) in [6.45, 7) is 0.0473. The molecule has 2 N–H and O–H groups in total. The van der Waals surface area contributed by atoms with Crippen LogP contribution in [0, 0.1) is 5.82 Å². The second kappa shape index (κ2) is 4.93. The largest absolute Gasteiger partial charge is 0.389 e. The summed E-state index contributed by atoms with van der Waals surface area (Å²) in [5.41, 5.74) is 6.29. The molecule has 1 aliphatic heterocycles. The number of nitrogens with zero attached hydrogens (tertiary/aromatic N) is 2. The molecule has 1 aliphatic rings. The molecule has 1 aromatic carbocycles. The number of imide groups is 1. The van der Waals surface area contributed by atoms with E-state index < -0.39 is 11.8 Å². The fourth-order valence-electron chi connectivity index (χ4n) is 1.89. The Morgan fingerprint density at radius 1 is 1.42 bits per heavy atom. The van der Waals surface area contributed by atoms with Crippen molar-refractivity contribution in [1.29, 1.82) is 0 Å². The Balaban J connectivity index is 2.26. The SMILES string of the molecule is CN1CC(=O)N(Cc2cc(F)cc(C(N)=S)c2)C1=O. The van der Waals surface area contributed by atoms with Crippen LogP contribution in [0.25, 0.3) is 0 Å². The molecule has 0 aromatic heterocycles. The van der Waals surface area contributed by atoms with Gasteiger partial charge in [-0.2, -0.15) is 0 Å². The number of likely N-dealkylation sites (N-methyl/N-ethyl adjacent to an activating group) is 1. The van der Waals surface area contributed by atoms with Crippen molar-refractivity contribution in [1.82, 2.24) is 9.80 Å². The van der Waals surface area contributed by atoms with E-state index in [1.54, 1.807) is 6.07 Å². The van der Waals surface area contributed by atoms with Gasteiger partial charge in [0.2, 0.25) is 0 Å². The third-order valence-corrected chi connectivity index (χ3v) is 3.05. The van der Waals surface area contributed by atoms with E-state index in [0.717, 1.165) is 4.90 Å². The summed E-state index contributed by atoms with van der Waals surface area (Å²) in [6, 6.07) is 3.64. The Morgan fingerprint density at radius 2 is 2.11 bits per heavy atom. The van der Waals surface area contributed by atoms with Gasteiger partial charge in [-0.05, 0) is 23.8 Å². The highest BCUT2D eigenvalue weighted by Gasteiger charge is 2.33. The zero-order chi connectivity index (χ0) is 14.2. The molecular weight excluding hydrogens is 269 g/mol. The van der Waals surface area contributed by atoms with Crippen LogP contribution in [0.4, 0.5) is 9.18 Å². The standard InChI is InChI=1S/C12H12FN3O2S/c1-15-6-10(17)16(12(15)18)5-7-2-8(11(14)19)4-9(13)3-7/h2-4H,5-6H2,1H3,(H2,14,19). The number of thiocarbonyl (C=S) groups is 1. The predicted molar refractivity (Wildman–Crippen MR) is 70.9 cm³/mol. The van der Waals surface area contributed by atoms with E-state index in [0.29, 0.717) is 11.1 Å². The molecular formula is C12H12FN3O2S. The molecule has 5 nitrogen and oxygen atoms in total. The van der Waals surface area contributed by atoms with Gasteiger partial charge in [0.05, 0.1) is 6.54 Å². The first-order chi connectivity index (χ1) is 8.88. The minimum absolute atomic E-state index is 0.00931. The summed E-state index contributed by atoms with van der Waals surface area (Å²) in [6.07, 6.45) is 0. The van der Waals surface area contributed by atoms with E-state index >= 15 is 0 Å². The zero-order valence-corrected chi connectivity index (χ0v) is 11.0. The Labute approximate surface area is 114 Å². The van der Waals surface area contributed by atoms with Crippen LogP contribution in [0.5, 0.6) is 0 Å². The predicted octanol–water partition coefficient (Wildman–Crippen LogP) is 0.854. The molecule has 0 unspecified atom stereocenters. The molecule has 0 aliphatic carbocycles. The first kappa shape index (κ1) is 13.4. The lowest BCUT2D eigenvalue weighted by molar-refractivity contribution is -0.125. The molecule has 1 fully saturated rings. The van der Waals surface area contributed by atoms with Crippen LogP contribution >= 0.6 is 12.2 Å². The van der Waals surface area contributed by atoms with Crippen molar-refractivity contribution in [3.8, 4) is 0 Å². The van der Waals surface area contributed by atoms with Crippen molar-refractivity contribution in [2.24, 2.45) is 5.73 Å². The topological polar surface area (TPSA) is 66.6 Å². The lowest BCUT2D eigenvalue weighted by atomic mass is 10.1. The van der Waals surface area contributed by atoms with Crippen LogP contribution in [0.15, 0.2) is 18.2 Å². The van der Waals surface area contributed by atoms with Crippen molar-refractivity contribution < 1.29 is 14.0 Å². The van der Waals surface area contributed by atoms with E-state index in [1.165, 1.54) is 24.1 Å². The Morgan fingerprint density at radius 3 is 2.63 bits per heavy atom. The first-order valence-electron chi connectivity index (χ1n) is 5.53. The maximum absolute atomic E-state index is 13.4. The van der Waals surface area contributed by atoms with Gasteiger partial charge in [0.1, 0.15) is 17.4 Å². The minimum atomic E-state index is -0.507. The van der Waals surface area contributed by atoms with Gasteiger partial charge in [-0.3, -0.25) is 9.69 Å². The van der Waals surface area contributed by atoms with Crippen LogP contribution in [-0.4, -0.2) is 40.3 Å². The zero-order valence-electron chi connectivity index (χ0n) is 10.2. The normalized spacial score (nSPS) is 15.3. The molecule has 0 saturated carbocycles. The van der Waals surface area contributed by atoms with E-state index in [2.05, 4.69) is 0 Å². The smallest absolute Gasteiger partial charge is 0.327 e. The van der Waals surface area contributed by atoms with Crippen LogP contribution in [0.2, 0.25) is 0 Å². The van der Waals surface area contributed by atoms with Gasteiger partial charge in [0, 0.05) is 12.6 Å². The summed E-state index contributed by atoms with van der Waals surface area (Å²) in [5, 5.41) is 0. The number of nitrogens with two attached hydrogens (primary N) is 1. The number of rotatable bonds is 3. The number of urea groups is 1. The third kappa shape index (κ3) is 2.70. The van der Waals surface area contributed by atoms with Crippen LogP contribution in [-0.2, 0) is 11.3 Å². The highest BCUT2D eigenvalue weighted by molar-refractivity contribution is 7.80. The molecule has 0 atom stereocenters. The summed E-state index contributed by atoms with van der Waals surface area (Å²) < 4.78 is 13.4. The molecule has 0 radical (unpaired) electrons. The molecule has 1 aromatic rings. The van der Waals surface area contributed by atoms with Gasteiger partial charge in [-0.1, -0.05) is 12.2 Å². The van der Waals surface area contributed by atoms with Gasteiger partial charge < -0.3 is 10.6 Å². The van der Waals surface area contributed by atoms with Crippen LogP contribution in [0.3, 0.4) is 0 Å². The quantitative estimate of drug-likeness (QED) is 0.659. The Kier molecular flexibility index (Phi) is 3.48. The maximum atomic E-state index is 13.4. The van der Waals surface area contributed by atoms with Gasteiger partial charge >= 0.3 is 6.03 Å². The third-order valence-electron chi connectivity index (χ3n) is 2.81. The van der Waals surface area contributed by atoms with Crippen molar-refractivity contribution in [2.45, 2.75) is 6.54 Å². The molecule has 7 heteroatoms. The molecule has 1 heterocycles. The number of benzene rings is 1. The van der Waals surface area contributed by atoms with Gasteiger partial charge in [-0.15, -0.1) is 0 Å². The highest BCUT2D eigenvalue weighted by Crippen LogP contribution is 2.16. The summed E-state index contributed by atoms with van der Waals surface area (Å²) in [5.74, 6) is -0.818. The fourth-order valence-corrected chi connectivity index (χ4v) is 2.01. The minimum Gasteiger partial charge on any atom is -0.389 e. The number of carbonyl (C=O) groups excluding carboxylic acids is 2. The summed E-state index contributed by atoms with van der Waals surface area (Å²) in [4.78, 5) is 25.8. The van der Waals surface area contributed by atoms with Gasteiger partial charge in [0.25, 0.3) is 5.91 Å². The second-order valence-corrected chi connectivity index (χ2v) is 4.77. The monoisotopic (exact) mass is 281 g/mol. The number of hydrogen-bond acceptors (Lipinski definition) is 3. The summed E-state index contributed by atoms with van der Waals surface area (Å²) >= 11 is 4.78. The number of carbonyl (C=O) groups is 2. The lowest BCUT2D eigenvalue weighted by Gasteiger charge is -2.14. The van der Waals surface area contributed by atoms with Gasteiger partial charge in [0.15, 0.2) is 0 Å². The van der Waals surface area contributed by atoms with Crippen LogP contribution in [0.1, 0.15) is 11.1 Å². The Bertz CT molecular complexity index is 576. The maximum Gasteiger partial charge on any atom is 0.327 e. The van der Waals surface area contributed by atoms with Crippen molar-refractivity contribution >= 4 is 29.1 Å². The van der Waals surface area contributed by atoms with E-state index in [9.17, 15) is 14.0 Å². The highest BCUT2D eigenvalue weighted by atomic mass is 32.1. The van der Waals surface area contributed by atoms with E-state index in [1.807, 2.05) is 0 Å². The van der Waals surface area contributed by atoms with E-state index in [-0.39, 0.29) is 24.0 Å². The average Bonchev–Trinajstić information content (AvgIpc) is 2.55. The molecule has 19 heavy (non-hydrogen) atoms. The van der Waals surface area contributed by atoms with E-state index in [4.69, 9.17) is 18.0 Å². The average molecular weight is 281 g/mol. The molecule has 0 spiro atoms. The van der Waals surface area contributed by atoms with Crippen LogP contribution < -0.4 is 5.73 Å².